The van der Waals surface area contributed by atoms with Crippen LogP contribution in [-0.4, -0.2) is 50.1 Å². The molecular weight excluding hydrogens is 220 g/mol. The number of carbonyl (C=O) groups is 2. The monoisotopic (exact) mass is 242 g/mol. The van der Waals surface area contributed by atoms with Gasteiger partial charge in [-0.3, -0.25) is 9.59 Å². The van der Waals surface area contributed by atoms with Gasteiger partial charge in [-0.05, 0) is 46.8 Å². The number of carbonyl (C=O) groups excluding carboxylic acids is 2. The first kappa shape index (κ1) is 14.0. The van der Waals surface area contributed by atoms with Crippen molar-refractivity contribution in [1.29, 1.82) is 0 Å². The summed E-state index contributed by atoms with van der Waals surface area (Å²) in [6, 6.07) is 0.169. The van der Waals surface area contributed by atoms with Crippen molar-refractivity contribution < 1.29 is 14.3 Å². The molecule has 5 heteroatoms. The highest BCUT2D eigenvalue weighted by atomic mass is 16.5. The minimum Gasteiger partial charge on any atom is -0.468 e. The second-order valence-electron chi connectivity index (χ2n) is 5.17. The Morgan fingerprint density at radius 2 is 1.82 bits per heavy atom. The average Bonchev–Trinajstić information content (AvgIpc) is 2.30. The summed E-state index contributed by atoms with van der Waals surface area (Å²) in [6.45, 7) is 5.12. The lowest BCUT2D eigenvalue weighted by atomic mass is 9.91. The van der Waals surface area contributed by atoms with E-state index in [-0.39, 0.29) is 11.9 Å². The Hall–Kier alpha value is -1.10. The van der Waals surface area contributed by atoms with Gasteiger partial charge in [0.1, 0.15) is 5.41 Å². The molecule has 1 aliphatic rings. The number of hydrogen-bond acceptors (Lipinski definition) is 4. The highest BCUT2D eigenvalue weighted by Gasteiger charge is 2.38. The number of amides is 1. The molecule has 1 saturated heterocycles. The molecule has 5 nitrogen and oxygen atoms in total. The van der Waals surface area contributed by atoms with Crippen LogP contribution in [0.2, 0.25) is 0 Å². The summed E-state index contributed by atoms with van der Waals surface area (Å²) in [7, 11) is 3.36. The van der Waals surface area contributed by atoms with Gasteiger partial charge in [-0.2, -0.15) is 0 Å². The van der Waals surface area contributed by atoms with Gasteiger partial charge in [-0.25, -0.2) is 0 Å². The van der Waals surface area contributed by atoms with E-state index >= 15 is 0 Å². The largest absolute Gasteiger partial charge is 0.468 e. The average molecular weight is 242 g/mol. The van der Waals surface area contributed by atoms with Gasteiger partial charge in [0.25, 0.3) is 0 Å². The third kappa shape index (κ3) is 3.43. The van der Waals surface area contributed by atoms with Gasteiger partial charge in [0, 0.05) is 6.04 Å². The highest BCUT2D eigenvalue weighted by molar-refractivity contribution is 6.01. The normalized spacial score (nSPS) is 18.8. The molecule has 1 N–H and O–H groups in total. The first-order valence-electron chi connectivity index (χ1n) is 5.96. The van der Waals surface area contributed by atoms with E-state index in [4.69, 9.17) is 0 Å². The molecule has 1 aliphatic heterocycles. The molecule has 0 aliphatic carbocycles. The van der Waals surface area contributed by atoms with Crippen LogP contribution in [0.3, 0.4) is 0 Å². The smallest absolute Gasteiger partial charge is 0.320 e. The third-order valence-electron chi connectivity index (χ3n) is 3.32. The minimum absolute atomic E-state index is 0.169. The number of rotatable bonds is 3. The SMILES string of the molecule is COC(=O)C(C)(C)C(=O)NC1CCN(C)CC1. The Morgan fingerprint density at radius 1 is 1.29 bits per heavy atom. The van der Waals surface area contributed by atoms with Crippen molar-refractivity contribution in [3.05, 3.63) is 0 Å². The molecular formula is C12H22N2O3. The molecule has 1 amide bonds. The quantitative estimate of drug-likeness (QED) is 0.575. The molecule has 0 bridgehead atoms. The fraction of sp³-hybridized carbons (Fsp3) is 0.833. The predicted octanol–water partition coefficient (Wildman–Crippen LogP) is 0.396. The number of hydrogen-bond donors (Lipinski definition) is 1. The number of ether oxygens (including phenoxy) is 1. The van der Waals surface area contributed by atoms with Crippen molar-refractivity contribution in [2.24, 2.45) is 5.41 Å². The maximum atomic E-state index is 12.0. The molecule has 0 spiro atoms. The zero-order valence-corrected chi connectivity index (χ0v) is 11.1. The summed E-state index contributed by atoms with van der Waals surface area (Å²) in [5, 5.41) is 2.93. The summed E-state index contributed by atoms with van der Waals surface area (Å²) in [4.78, 5) is 25.7. The molecule has 1 heterocycles. The molecule has 0 aromatic rings. The van der Waals surface area contributed by atoms with Gasteiger partial charge in [0.15, 0.2) is 0 Å². The molecule has 0 saturated carbocycles. The zero-order valence-electron chi connectivity index (χ0n) is 11.1. The van der Waals surface area contributed by atoms with Gasteiger partial charge in [-0.1, -0.05) is 0 Å². The lowest BCUT2D eigenvalue weighted by Gasteiger charge is -2.31. The van der Waals surface area contributed by atoms with Crippen LogP contribution in [0.5, 0.6) is 0 Å². The first-order valence-corrected chi connectivity index (χ1v) is 5.96. The van der Waals surface area contributed by atoms with E-state index in [1.165, 1.54) is 7.11 Å². The van der Waals surface area contributed by atoms with E-state index in [1.807, 2.05) is 0 Å². The van der Waals surface area contributed by atoms with Crippen molar-refractivity contribution in [1.82, 2.24) is 10.2 Å². The van der Waals surface area contributed by atoms with Crippen molar-refractivity contribution in [2.75, 3.05) is 27.2 Å². The van der Waals surface area contributed by atoms with Crippen LogP contribution in [0.15, 0.2) is 0 Å². The molecule has 1 rings (SSSR count). The van der Waals surface area contributed by atoms with Crippen molar-refractivity contribution in [2.45, 2.75) is 32.7 Å². The number of nitrogens with zero attached hydrogens (tertiary/aromatic N) is 1. The number of piperidine rings is 1. The molecule has 98 valence electrons. The van der Waals surface area contributed by atoms with E-state index in [0.717, 1.165) is 25.9 Å². The van der Waals surface area contributed by atoms with Crippen LogP contribution in [0, 0.1) is 5.41 Å². The third-order valence-corrected chi connectivity index (χ3v) is 3.32. The highest BCUT2D eigenvalue weighted by Crippen LogP contribution is 2.19. The molecule has 0 atom stereocenters. The number of methoxy groups -OCH3 is 1. The van der Waals surface area contributed by atoms with E-state index in [2.05, 4.69) is 22.0 Å². The summed E-state index contributed by atoms with van der Waals surface area (Å²) < 4.78 is 4.63. The van der Waals surface area contributed by atoms with Crippen LogP contribution < -0.4 is 5.32 Å². The molecule has 0 radical (unpaired) electrons. The Balaban J connectivity index is 2.51. The first-order chi connectivity index (χ1) is 7.87. The summed E-state index contributed by atoms with van der Waals surface area (Å²) >= 11 is 0. The number of esters is 1. The van der Waals surface area contributed by atoms with Crippen LogP contribution >= 0.6 is 0 Å². The standard InChI is InChI=1S/C12H22N2O3/c1-12(2,11(16)17-4)10(15)13-9-5-7-14(3)8-6-9/h9H,5-8H2,1-4H3,(H,13,15). The Bertz CT molecular complexity index is 294. The predicted molar refractivity (Wildman–Crippen MR) is 64.5 cm³/mol. The van der Waals surface area contributed by atoms with Crippen LogP contribution in [-0.2, 0) is 14.3 Å². The number of likely N-dealkylation sites (tertiary alicyclic amines) is 1. The van der Waals surface area contributed by atoms with Gasteiger partial charge < -0.3 is 15.0 Å². The fourth-order valence-electron chi connectivity index (χ4n) is 1.87. The van der Waals surface area contributed by atoms with Gasteiger partial charge in [0.05, 0.1) is 7.11 Å². The topological polar surface area (TPSA) is 58.6 Å². The lowest BCUT2D eigenvalue weighted by molar-refractivity contribution is -0.156. The molecule has 0 unspecified atom stereocenters. The Kier molecular flexibility index (Phi) is 4.51. The summed E-state index contributed by atoms with van der Waals surface area (Å²) in [5.74, 6) is -0.748. The fourth-order valence-corrected chi connectivity index (χ4v) is 1.87. The Morgan fingerprint density at radius 3 is 2.29 bits per heavy atom. The maximum absolute atomic E-state index is 12.0. The van der Waals surface area contributed by atoms with E-state index in [9.17, 15) is 9.59 Å². The van der Waals surface area contributed by atoms with Gasteiger partial charge in [0.2, 0.25) is 5.91 Å². The number of nitrogens with one attached hydrogen (secondary N) is 1. The van der Waals surface area contributed by atoms with E-state index in [1.54, 1.807) is 13.8 Å². The summed E-state index contributed by atoms with van der Waals surface area (Å²) in [5.41, 5.74) is -1.11. The van der Waals surface area contributed by atoms with Crippen LogP contribution in [0.1, 0.15) is 26.7 Å². The van der Waals surface area contributed by atoms with E-state index in [0.29, 0.717) is 0 Å². The molecule has 0 aromatic heterocycles. The molecule has 1 fully saturated rings. The van der Waals surface area contributed by atoms with Crippen molar-refractivity contribution >= 4 is 11.9 Å². The lowest BCUT2D eigenvalue weighted by Crippen LogP contribution is -2.50. The van der Waals surface area contributed by atoms with Crippen LogP contribution in [0.25, 0.3) is 0 Å². The maximum Gasteiger partial charge on any atom is 0.320 e. The minimum atomic E-state index is -1.11. The van der Waals surface area contributed by atoms with Crippen molar-refractivity contribution in [3.63, 3.8) is 0 Å². The second kappa shape index (κ2) is 5.49. The van der Waals surface area contributed by atoms with Crippen molar-refractivity contribution in [3.8, 4) is 0 Å². The zero-order chi connectivity index (χ0) is 13.1. The van der Waals surface area contributed by atoms with Gasteiger partial charge >= 0.3 is 5.97 Å². The van der Waals surface area contributed by atoms with Gasteiger partial charge in [-0.15, -0.1) is 0 Å². The Labute approximate surface area is 102 Å². The second-order valence-corrected chi connectivity index (χ2v) is 5.17. The molecule has 0 aromatic carbocycles. The van der Waals surface area contributed by atoms with Crippen LogP contribution in [0.4, 0.5) is 0 Å². The summed E-state index contributed by atoms with van der Waals surface area (Å²) in [6.07, 6.45) is 1.86. The van der Waals surface area contributed by atoms with E-state index < -0.39 is 11.4 Å². The molecule has 17 heavy (non-hydrogen) atoms.